The van der Waals surface area contributed by atoms with Crippen LogP contribution < -0.4 is 0 Å². The zero-order valence-corrected chi connectivity index (χ0v) is 16.0. The second-order valence-electron chi connectivity index (χ2n) is 8.08. The zero-order chi connectivity index (χ0) is 18.5. The van der Waals surface area contributed by atoms with Crippen LogP contribution in [0.3, 0.4) is 0 Å². The van der Waals surface area contributed by atoms with Gasteiger partial charge >= 0.3 is 7.12 Å². The van der Waals surface area contributed by atoms with Crippen LogP contribution in [0.4, 0.5) is 0 Å². The van der Waals surface area contributed by atoms with E-state index in [9.17, 15) is 10.0 Å². The molecule has 25 heavy (non-hydrogen) atoms. The first-order chi connectivity index (χ1) is 11.8. The maximum atomic E-state index is 10.4. The van der Waals surface area contributed by atoms with Crippen LogP contribution in [-0.4, -0.2) is 17.2 Å². The van der Waals surface area contributed by atoms with Gasteiger partial charge in [-0.2, -0.15) is 0 Å². The number of hydrogen-bond acceptors (Lipinski definition) is 2. The van der Waals surface area contributed by atoms with Gasteiger partial charge in [0.2, 0.25) is 0 Å². The molecular formula is C22H31BO2. The first kappa shape index (κ1) is 19.7. The lowest BCUT2D eigenvalue weighted by Crippen LogP contribution is -2.44. The van der Waals surface area contributed by atoms with Crippen LogP contribution in [0.5, 0.6) is 0 Å². The summed E-state index contributed by atoms with van der Waals surface area (Å²) < 4.78 is 0. The van der Waals surface area contributed by atoms with Gasteiger partial charge in [-0.25, -0.2) is 0 Å². The predicted octanol–water partition coefficient (Wildman–Crippen LogP) is 5.35. The fraction of sp³-hybridized carbons (Fsp3) is 0.455. The Bertz CT molecular complexity index is 661. The van der Waals surface area contributed by atoms with Crippen molar-refractivity contribution in [3.8, 4) is 11.1 Å². The molecule has 0 radical (unpaired) electrons. The summed E-state index contributed by atoms with van der Waals surface area (Å²) in [5.41, 5.74) is 3.30. The molecule has 0 aliphatic rings. The maximum Gasteiger partial charge on any atom is 0.458 e. The molecule has 0 fully saturated rings. The summed E-state index contributed by atoms with van der Waals surface area (Å²) in [6.45, 7) is 8.50. The highest BCUT2D eigenvalue weighted by atomic mass is 16.4. The van der Waals surface area contributed by atoms with Crippen molar-refractivity contribution in [1.82, 2.24) is 0 Å². The molecule has 2 nitrogen and oxygen atoms in total. The standard InChI is InChI=1S/C22H31BO2/c1-5-6-16-22(23(24)25,21(2,3)4)17-19-14-10-11-15-20(19)18-12-8-7-9-13-18/h7-15,24-25H,5-6,16-17H2,1-4H3. The average molecular weight is 338 g/mol. The second-order valence-corrected chi connectivity index (χ2v) is 8.08. The Labute approximate surface area is 153 Å². The predicted molar refractivity (Wildman–Crippen MR) is 107 cm³/mol. The van der Waals surface area contributed by atoms with E-state index in [0.29, 0.717) is 6.42 Å². The fourth-order valence-electron chi connectivity index (χ4n) is 3.74. The van der Waals surface area contributed by atoms with Gasteiger partial charge in [-0.05, 0) is 34.9 Å². The molecule has 0 heterocycles. The van der Waals surface area contributed by atoms with Crippen LogP contribution in [0.25, 0.3) is 11.1 Å². The van der Waals surface area contributed by atoms with Gasteiger partial charge in [-0.1, -0.05) is 95.1 Å². The van der Waals surface area contributed by atoms with Crippen molar-refractivity contribution in [2.75, 3.05) is 0 Å². The Balaban J connectivity index is 2.50. The van der Waals surface area contributed by atoms with E-state index in [-0.39, 0.29) is 5.41 Å². The topological polar surface area (TPSA) is 40.5 Å². The molecule has 0 saturated carbocycles. The first-order valence-corrected chi connectivity index (χ1v) is 9.31. The Morgan fingerprint density at radius 2 is 1.48 bits per heavy atom. The minimum Gasteiger partial charge on any atom is -0.427 e. The van der Waals surface area contributed by atoms with E-state index in [2.05, 4.69) is 52.0 Å². The van der Waals surface area contributed by atoms with Crippen LogP contribution in [0, 0.1) is 5.41 Å². The minimum absolute atomic E-state index is 0.222. The van der Waals surface area contributed by atoms with Gasteiger partial charge in [0.1, 0.15) is 0 Å². The summed E-state index contributed by atoms with van der Waals surface area (Å²) in [4.78, 5) is 0. The second kappa shape index (κ2) is 8.20. The van der Waals surface area contributed by atoms with Crippen LogP contribution >= 0.6 is 0 Å². The SMILES string of the molecule is CCCCC(Cc1ccccc1-c1ccccc1)(B(O)O)C(C)(C)C. The molecule has 134 valence electrons. The Hall–Kier alpha value is -1.58. The smallest absolute Gasteiger partial charge is 0.427 e. The summed E-state index contributed by atoms with van der Waals surface area (Å²) in [7, 11) is -1.34. The Kier molecular flexibility index (Phi) is 6.48. The third kappa shape index (κ3) is 4.34. The normalized spacial score (nSPS) is 14.2. The van der Waals surface area contributed by atoms with Gasteiger partial charge in [0, 0.05) is 5.31 Å². The van der Waals surface area contributed by atoms with Crippen molar-refractivity contribution >= 4 is 7.12 Å². The zero-order valence-electron chi connectivity index (χ0n) is 16.0. The maximum absolute atomic E-state index is 10.4. The van der Waals surface area contributed by atoms with Gasteiger partial charge in [-0.3, -0.25) is 0 Å². The molecule has 0 saturated heterocycles. The molecule has 0 aromatic heterocycles. The van der Waals surface area contributed by atoms with Crippen molar-refractivity contribution in [2.45, 2.75) is 58.7 Å². The Morgan fingerprint density at radius 3 is 2.04 bits per heavy atom. The molecular weight excluding hydrogens is 307 g/mol. The van der Waals surface area contributed by atoms with E-state index in [1.165, 1.54) is 16.7 Å². The van der Waals surface area contributed by atoms with E-state index < -0.39 is 12.4 Å². The molecule has 3 heteroatoms. The summed E-state index contributed by atoms with van der Waals surface area (Å²) in [5, 5.41) is 20.2. The number of benzene rings is 2. The van der Waals surface area contributed by atoms with Gasteiger partial charge < -0.3 is 10.0 Å². The lowest BCUT2D eigenvalue weighted by molar-refractivity contribution is 0.180. The average Bonchev–Trinajstić information content (AvgIpc) is 2.58. The largest absolute Gasteiger partial charge is 0.458 e. The van der Waals surface area contributed by atoms with Crippen molar-refractivity contribution in [3.05, 3.63) is 60.2 Å². The van der Waals surface area contributed by atoms with Crippen molar-refractivity contribution in [1.29, 1.82) is 0 Å². The van der Waals surface area contributed by atoms with Gasteiger partial charge in [0.15, 0.2) is 0 Å². The van der Waals surface area contributed by atoms with Crippen LogP contribution in [0.1, 0.15) is 52.5 Å². The van der Waals surface area contributed by atoms with Crippen LogP contribution in [0.15, 0.2) is 54.6 Å². The van der Waals surface area contributed by atoms with Gasteiger partial charge in [-0.15, -0.1) is 0 Å². The Morgan fingerprint density at radius 1 is 0.880 bits per heavy atom. The van der Waals surface area contributed by atoms with Crippen molar-refractivity contribution in [2.24, 2.45) is 5.41 Å². The number of unbranched alkanes of at least 4 members (excludes halogenated alkanes) is 1. The molecule has 2 aromatic rings. The monoisotopic (exact) mass is 338 g/mol. The summed E-state index contributed by atoms with van der Waals surface area (Å²) in [6, 6.07) is 18.7. The molecule has 0 aliphatic heterocycles. The molecule has 1 atom stereocenters. The van der Waals surface area contributed by atoms with Crippen LogP contribution in [-0.2, 0) is 6.42 Å². The van der Waals surface area contributed by atoms with Crippen LogP contribution in [0.2, 0.25) is 5.31 Å². The summed E-state index contributed by atoms with van der Waals surface area (Å²) >= 11 is 0. The third-order valence-electron chi connectivity index (χ3n) is 5.57. The molecule has 0 bridgehead atoms. The highest BCUT2D eigenvalue weighted by molar-refractivity contribution is 6.46. The van der Waals surface area contributed by atoms with E-state index in [1.54, 1.807) is 0 Å². The van der Waals surface area contributed by atoms with E-state index >= 15 is 0 Å². The highest BCUT2D eigenvalue weighted by Crippen LogP contribution is 2.53. The van der Waals surface area contributed by atoms with E-state index in [4.69, 9.17) is 0 Å². The molecule has 0 aliphatic carbocycles. The minimum atomic E-state index is -1.34. The number of hydrogen-bond donors (Lipinski definition) is 2. The van der Waals surface area contributed by atoms with E-state index in [0.717, 1.165) is 19.3 Å². The lowest BCUT2D eigenvalue weighted by atomic mass is 9.43. The molecule has 1 unspecified atom stereocenters. The molecule has 2 rings (SSSR count). The summed E-state index contributed by atoms with van der Waals surface area (Å²) in [6.07, 6.45) is 3.49. The van der Waals surface area contributed by atoms with Gasteiger partial charge in [0.25, 0.3) is 0 Å². The van der Waals surface area contributed by atoms with Gasteiger partial charge in [0.05, 0.1) is 0 Å². The number of rotatable bonds is 7. The molecule has 0 spiro atoms. The molecule has 2 aromatic carbocycles. The quantitative estimate of drug-likeness (QED) is 0.669. The fourth-order valence-corrected chi connectivity index (χ4v) is 3.74. The van der Waals surface area contributed by atoms with E-state index in [1.807, 2.05) is 30.3 Å². The lowest BCUT2D eigenvalue weighted by Gasteiger charge is -2.45. The third-order valence-corrected chi connectivity index (χ3v) is 5.57. The highest BCUT2D eigenvalue weighted by Gasteiger charge is 2.50. The molecule has 0 amide bonds. The summed E-state index contributed by atoms with van der Waals surface area (Å²) in [5.74, 6) is 0. The van der Waals surface area contributed by atoms with Crippen molar-refractivity contribution in [3.63, 3.8) is 0 Å². The first-order valence-electron chi connectivity index (χ1n) is 9.31. The molecule has 2 N–H and O–H groups in total. The van der Waals surface area contributed by atoms with Crippen molar-refractivity contribution < 1.29 is 10.0 Å².